The molecule has 53 heavy (non-hydrogen) atoms. The molecule has 0 aromatic heterocycles. The number of likely N-dealkylation sites (N-methyl/N-ethyl adjacent to an activating group) is 1. The van der Waals surface area contributed by atoms with Crippen LogP contribution in [0.2, 0.25) is 0 Å². The minimum absolute atomic E-state index is 0.164. The van der Waals surface area contributed by atoms with Gasteiger partial charge < -0.3 is 48.1 Å². The first-order chi connectivity index (χ1) is 24.6. The smallest absolute Gasteiger partial charge is 0.311 e. The Hall–Kier alpha value is -1.68. The van der Waals surface area contributed by atoms with Crippen LogP contribution in [0.15, 0.2) is 11.3 Å². The van der Waals surface area contributed by atoms with Crippen molar-refractivity contribution in [2.75, 3.05) is 21.3 Å². The molecule has 2 bridgehead atoms. The highest BCUT2D eigenvalue weighted by molar-refractivity contribution is 5.92. The molecule has 0 saturated carbocycles. The van der Waals surface area contributed by atoms with E-state index in [9.17, 15) is 19.8 Å². The standard InChI is InChI=1S/C40H69NO12/c1-16-28-40(12,47-15)33(43)23(6)31-21(4)18-39(11,53-31)35(52-37-30(42)27(17-22(5)48-37)41(13)20(2)3)24(7)32(25(8)36(45)50-28)51-29-19-38(10,46-14)34(44)26(9)49-29/h20,22-30,32,34-35,37,42,44H,16-19H2,1-15H3/t22?,23-,24?,25?,26?,27?,28?,29-,30+,32?,34-,35+,37?,38+,39-,40+/m0/s1. The maximum atomic E-state index is 14.4. The topological polar surface area (TPSA) is 152 Å². The van der Waals surface area contributed by atoms with Crippen molar-refractivity contribution in [2.45, 2.75) is 193 Å². The average molecular weight is 756 g/mol. The molecule has 0 aliphatic carbocycles. The number of esters is 1. The molecule has 0 radical (unpaired) electrons. The lowest BCUT2D eigenvalue weighted by atomic mass is 9.79. The molecule has 0 amide bonds. The number of ketones is 1. The van der Waals surface area contributed by atoms with Crippen LogP contribution < -0.4 is 0 Å². The van der Waals surface area contributed by atoms with E-state index in [0.717, 1.165) is 5.57 Å². The second-order valence-corrected chi connectivity index (χ2v) is 17.1. The Balaban J connectivity index is 1.86. The van der Waals surface area contributed by atoms with E-state index in [0.29, 0.717) is 25.0 Å². The summed E-state index contributed by atoms with van der Waals surface area (Å²) in [5.41, 5.74) is -2.66. The highest BCUT2D eigenvalue weighted by Crippen LogP contribution is 2.47. The predicted octanol–water partition coefficient (Wildman–Crippen LogP) is 4.53. The number of cyclic esters (lactones) is 1. The number of methoxy groups -OCH3 is 2. The molecule has 4 heterocycles. The van der Waals surface area contributed by atoms with E-state index in [1.165, 1.54) is 14.2 Å². The van der Waals surface area contributed by atoms with Crippen molar-refractivity contribution in [3.63, 3.8) is 0 Å². The molecule has 3 fully saturated rings. The number of carbonyl (C=O) groups excluding carboxylic acids is 2. The van der Waals surface area contributed by atoms with Crippen LogP contribution in [0.4, 0.5) is 0 Å². The van der Waals surface area contributed by atoms with Crippen molar-refractivity contribution < 1.29 is 57.7 Å². The van der Waals surface area contributed by atoms with Crippen LogP contribution in [0.3, 0.4) is 0 Å². The Labute approximate surface area is 317 Å². The number of fused-ring (bicyclic) bond motifs is 2. The van der Waals surface area contributed by atoms with Gasteiger partial charge >= 0.3 is 5.97 Å². The molecule has 4 aliphatic rings. The van der Waals surface area contributed by atoms with Crippen LogP contribution >= 0.6 is 0 Å². The monoisotopic (exact) mass is 755 g/mol. The van der Waals surface area contributed by atoms with Crippen LogP contribution in [0.25, 0.3) is 0 Å². The number of allylic oxidation sites excluding steroid dienone is 1. The Morgan fingerprint density at radius 1 is 0.981 bits per heavy atom. The molecule has 0 aromatic carbocycles. The molecule has 2 N–H and O–H groups in total. The van der Waals surface area contributed by atoms with Gasteiger partial charge in [0.25, 0.3) is 0 Å². The molecule has 13 heteroatoms. The fourth-order valence-electron chi connectivity index (χ4n) is 9.05. The third kappa shape index (κ3) is 8.54. The van der Waals surface area contributed by atoms with Gasteiger partial charge in [0, 0.05) is 45.1 Å². The molecule has 16 atom stereocenters. The van der Waals surface area contributed by atoms with Crippen molar-refractivity contribution in [1.29, 1.82) is 0 Å². The summed E-state index contributed by atoms with van der Waals surface area (Å²) in [4.78, 5) is 30.8. The molecule has 306 valence electrons. The number of hydrogen-bond acceptors (Lipinski definition) is 13. The fraction of sp³-hybridized carbons (Fsp3) is 0.900. The summed E-state index contributed by atoms with van der Waals surface area (Å²) < 4.78 is 51.1. The molecule has 13 nitrogen and oxygen atoms in total. The maximum absolute atomic E-state index is 14.4. The Morgan fingerprint density at radius 3 is 2.19 bits per heavy atom. The fourth-order valence-corrected chi connectivity index (χ4v) is 9.05. The number of hydrogen-bond donors (Lipinski definition) is 2. The molecule has 0 spiro atoms. The zero-order chi connectivity index (χ0) is 40.0. The van der Waals surface area contributed by atoms with E-state index < -0.39 is 89.7 Å². The van der Waals surface area contributed by atoms with Crippen molar-refractivity contribution >= 4 is 11.8 Å². The van der Waals surface area contributed by atoms with E-state index in [2.05, 4.69) is 18.7 Å². The Bertz CT molecular complexity index is 1330. The lowest BCUT2D eigenvalue weighted by molar-refractivity contribution is -0.317. The van der Waals surface area contributed by atoms with Crippen LogP contribution in [-0.4, -0.2) is 132 Å². The molecule has 3 saturated heterocycles. The lowest BCUT2D eigenvalue weighted by Crippen LogP contribution is -2.61. The van der Waals surface area contributed by atoms with E-state index in [1.54, 1.807) is 34.6 Å². The quantitative estimate of drug-likeness (QED) is 0.318. The summed E-state index contributed by atoms with van der Waals surface area (Å²) in [6.45, 7) is 22.5. The number of nitrogens with zero attached hydrogens (tertiary/aromatic N) is 1. The third-order valence-electron chi connectivity index (χ3n) is 12.8. The summed E-state index contributed by atoms with van der Waals surface area (Å²) in [5, 5.41) is 22.8. The molecular formula is C40H69NO12. The van der Waals surface area contributed by atoms with E-state index in [4.69, 9.17) is 37.9 Å². The SMILES string of the molecule is CCC1OC(=O)C(C)C(O[C@H]2C[C@@](C)(OC)[C@@H](O)C(C)O2)C(C)[C@@H](OC2OC(C)CC(N(C)C(C)C)[C@H]2O)[C@]2(C)CC(C)=C(O2)[C@H](C)C(=O)[C@]1(C)OC. The highest BCUT2D eigenvalue weighted by Gasteiger charge is 2.56. The second-order valence-electron chi connectivity index (χ2n) is 17.1. The zero-order valence-corrected chi connectivity index (χ0v) is 34.8. The van der Waals surface area contributed by atoms with Gasteiger partial charge in [0.15, 0.2) is 24.0 Å². The minimum atomic E-state index is -1.48. The molecular weight excluding hydrogens is 686 g/mol. The largest absolute Gasteiger partial charge is 0.488 e. The van der Waals surface area contributed by atoms with Crippen molar-refractivity contribution in [3.05, 3.63) is 11.3 Å². The van der Waals surface area contributed by atoms with Gasteiger partial charge in [-0.25, -0.2) is 0 Å². The first-order valence-corrected chi connectivity index (χ1v) is 19.5. The predicted molar refractivity (Wildman–Crippen MR) is 197 cm³/mol. The number of aliphatic hydroxyl groups excluding tert-OH is 2. The lowest BCUT2D eigenvalue weighted by Gasteiger charge is -2.49. The Kier molecular flexibility index (Phi) is 14.0. The molecule has 4 aliphatic heterocycles. The van der Waals surface area contributed by atoms with Gasteiger partial charge in [-0.2, -0.15) is 0 Å². The van der Waals surface area contributed by atoms with Crippen LogP contribution in [0.1, 0.15) is 109 Å². The number of carbonyl (C=O) groups is 2. The van der Waals surface area contributed by atoms with Gasteiger partial charge in [-0.3, -0.25) is 14.5 Å². The van der Waals surface area contributed by atoms with Gasteiger partial charge in [0.2, 0.25) is 0 Å². The van der Waals surface area contributed by atoms with Gasteiger partial charge in [0.05, 0.1) is 35.7 Å². The molecule has 4 rings (SSSR count). The van der Waals surface area contributed by atoms with Crippen molar-refractivity contribution in [1.82, 2.24) is 4.90 Å². The average Bonchev–Trinajstić information content (AvgIpc) is 3.43. The molecule has 8 unspecified atom stereocenters. The van der Waals surface area contributed by atoms with Gasteiger partial charge in [-0.1, -0.05) is 13.8 Å². The summed E-state index contributed by atoms with van der Waals surface area (Å²) in [5.74, 6) is -2.59. The first-order valence-electron chi connectivity index (χ1n) is 19.5. The normalized spacial score (nSPS) is 46.1. The first kappa shape index (κ1) is 44.0. The number of Topliss-reactive ketones (excluding diaryl/α,β-unsaturated/α-hetero) is 1. The van der Waals surface area contributed by atoms with Gasteiger partial charge in [0.1, 0.15) is 35.8 Å². The summed E-state index contributed by atoms with van der Waals surface area (Å²) in [7, 11) is 4.97. The van der Waals surface area contributed by atoms with Gasteiger partial charge in [-0.05, 0) is 94.7 Å². The maximum Gasteiger partial charge on any atom is 0.311 e. The van der Waals surface area contributed by atoms with Crippen LogP contribution in [0.5, 0.6) is 0 Å². The second kappa shape index (κ2) is 16.8. The third-order valence-corrected chi connectivity index (χ3v) is 12.8. The Morgan fingerprint density at radius 2 is 1.62 bits per heavy atom. The van der Waals surface area contributed by atoms with Crippen molar-refractivity contribution in [2.24, 2.45) is 17.8 Å². The van der Waals surface area contributed by atoms with Crippen molar-refractivity contribution in [3.8, 4) is 0 Å². The van der Waals surface area contributed by atoms with E-state index >= 15 is 0 Å². The van der Waals surface area contributed by atoms with Crippen LogP contribution in [0, 0.1) is 17.8 Å². The summed E-state index contributed by atoms with van der Waals surface area (Å²) >= 11 is 0. The zero-order valence-electron chi connectivity index (χ0n) is 34.8. The summed E-state index contributed by atoms with van der Waals surface area (Å²) in [6, 6.07) is -0.0782. The summed E-state index contributed by atoms with van der Waals surface area (Å²) in [6.07, 6.45) is -5.84. The number of ether oxygens (including phenoxy) is 8. The number of aliphatic hydroxyl groups is 2. The highest BCUT2D eigenvalue weighted by atomic mass is 16.7. The minimum Gasteiger partial charge on any atom is -0.488 e. The van der Waals surface area contributed by atoms with Crippen LogP contribution in [-0.2, 0) is 47.5 Å². The number of rotatable bonds is 9. The van der Waals surface area contributed by atoms with Gasteiger partial charge in [-0.15, -0.1) is 0 Å². The van der Waals surface area contributed by atoms with E-state index in [-0.39, 0.29) is 30.4 Å². The molecule has 0 aromatic rings. The van der Waals surface area contributed by atoms with E-state index in [1.807, 2.05) is 41.7 Å².